The molecular formula is C20H23NO5. The number of methoxy groups -OCH3 is 1. The van der Waals surface area contributed by atoms with Crippen LogP contribution in [0.5, 0.6) is 11.5 Å². The number of carboxylic acids is 1. The number of ether oxygens (including phenoxy) is 2. The lowest BCUT2D eigenvalue weighted by molar-refractivity contribution is 0.0599. The summed E-state index contributed by atoms with van der Waals surface area (Å²) in [5.41, 5.74) is 1.06. The molecular weight excluding hydrogens is 334 g/mol. The van der Waals surface area contributed by atoms with Gasteiger partial charge in [0, 0.05) is 12.2 Å². The monoisotopic (exact) mass is 357 g/mol. The molecule has 2 N–H and O–H groups in total. The van der Waals surface area contributed by atoms with Crippen molar-refractivity contribution in [3.63, 3.8) is 0 Å². The van der Waals surface area contributed by atoms with Crippen molar-refractivity contribution in [2.45, 2.75) is 26.2 Å². The lowest BCUT2D eigenvalue weighted by Crippen LogP contribution is -2.08. The Morgan fingerprint density at radius 1 is 1.08 bits per heavy atom. The number of carboxylic acid groups (broad SMARTS) is 1. The molecule has 2 aromatic carbocycles. The molecule has 0 unspecified atom stereocenters. The number of carbonyl (C=O) groups excluding carboxylic acids is 1. The van der Waals surface area contributed by atoms with Crippen LogP contribution in [0.15, 0.2) is 42.5 Å². The second kappa shape index (κ2) is 9.46. The first-order chi connectivity index (χ1) is 12.5. The third kappa shape index (κ3) is 5.24. The number of esters is 1. The molecule has 0 spiro atoms. The van der Waals surface area contributed by atoms with Crippen LogP contribution in [0.3, 0.4) is 0 Å². The van der Waals surface area contributed by atoms with E-state index >= 15 is 0 Å². The van der Waals surface area contributed by atoms with Gasteiger partial charge in [0.2, 0.25) is 0 Å². The summed E-state index contributed by atoms with van der Waals surface area (Å²) in [6.45, 7) is 2.83. The Morgan fingerprint density at radius 2 is 1.85 bits per heavy atom. The average Bonchev–Trinajstić information content (AvgIpc) is 2.65. The molecule has 0 aromatic heterocycles. The molecule has 0 aliphatic heterocycles. The van der Waals surface area contributed by atoms with E-state index in [1.807, 2.05) is 0 Å². The molecule has 6 heteroatoms. The highest BCUT2D eigenvalue weighted by Crippen LogP contribution is 2.27. The van der Waals surface area contributed by atoms with E-state index in [2.05, 4.69) is 17.0 Å². The van der Waals surface area contributed by atoms with Gasteiger partial charge in [-0.2, -0.15) is 0 Å². The molecule has 138 valence electrons. The van der Waals surface area contributed by atoms with Gasteiger partial charge in [-0.25, -0.2) is 9.59 Å². The molecule has 0 heterocycles. The lowest BCUT2D eigenvalue weighted by Gasteiger charge is -2.12. The van der Waals surface area contributed by atoms with Crippen LogP contribution in [-0.4, -0.2) is 30.7 Å². The summed E-state index contributed by atoms with van der Waals surface area (Å²) in [4.78, 5) is 23.1. The van der Waals surface area contributed by atoms with Crippen LogP contribution in [0, 0.1) is 0 Å². The molecule has 0 amide bonds. The standard InChI is InChI=1S/C20H23NO5/c1-3-4-5-11-21-18-10-9-16(13-17(18)19(22)23)26-15-8-6-7-14(12-15)20(24)25-2/h6-10,12-13,21H,3-5,11H2,1-2H3,(H,22,23). The first kappa shape index (κ1) is 19.3. The summed E-state index contributed by atoms with van der Waals surface area (Å²) >= 11 is 0. The minimum atomic E-state index is -1.03. The predicted octanol–water partition coefficient (Wildman–Crippen LogP) is 4.57. The van der Waals surface area contributed by atoms with Crippen molar-refractivity contribution < 1.29 is 24.2 Å². The number of carbonyl (C=O) groups is 2. The maximum atomic E-state index is 11.6. The molecule has 0 bridgehead atoms. The van der Waals surface area contributed by atoms with Crippen molar-refractivity contribution in [1.29, 1.82) is 0 Å². The van der Waals surface area contributed by atoms with E-state index in [-0.39, 0.29) is 5.56 Å². The molecule has 0 saturated heterocycles. The number of nitrogens with one attached hydrogen (secondary N) is 1. The molecule has 0 fully saturated rings. The van der Waals surface area contributed by atoms with Gasteiger partial charge in [0.05, 0.1) is 18.2 Å². The lowest BCUT2D eigenvalue weighted by atomic mass is 10.1. The van der Waals surface area contributed by atoms with Crippen molar-refractivity contribution in [2.24, 2.45) is 0 Å². The molecule has 26 heavy (non-hydrogen) atoms. The van der Waals surface area contributed by atoms with Crippen LogP contribution in [0.2, 0.25) is 0 Å². The molecule has 0 aliphatic carbocycles. The van der Waals surface area contributed by atoms with Gasteiger partial charge in [0.25, 0.3) is 0 Å². The number of benzene rings is 2. The Hall–Kier alpha value is -3.02. The summed E-state index contributed by atoms with van der Waals surface area (Å²) in [5, 5.41) is 12.6. The van der Waals surface area contributed by atoms with Gasteiger partial charge < -0.3 is 19.9 Å². The van der Waals surface area contributed by atoms with E-state index in [9.17, 15) is 14.7 Å². The van der Waals surface area contributed by atoms with Crippen molar-refractivity contribution in [1.82, 2.24) is 0 Å². The van der Waals surface area contributed by atoms with Gasteiger partial charge in [-0.15, -0.1) is 0 Å². The van der Waals surface area contributed by atoms with Gasteiger partial charge in [-0.05, 0) is 42.8 Å². The molecule has 0 radical (unpaired) electrons. The van der Waals surface area contributed by atoms with E-state index in [1.165, 1.54) is 13.2 Å². The van der Waals surface area contributed by atoms with E-state index in [0.29, 0.717) is 22.7 Å². The zero-order valence-electron chi connectivity index (χ0n) is 15.0. The maximum Gasteiger partial charge on any atom is 0.337 e. The SMILES string of the molecule is CCCCCNc1ccc(Oc2cccc(C(=O)OC)c2)cc1C(=O)O. The molecule has 0 saturated carbocycles. The number of hydrogen-bond acceptors (Lipinski definition) is 5. The number of anilines is 1. The topological polar surface area (TPSA) is 84.9 Å². The highest BCUT2D eigenvalue weighted by molar-refractivity contribution is 5.94. The van der Waals surface area contributed by atoms with Crippen LogP contribution in [-0.2, 0) is 4.74 Å². The number of unbranched alkanes of at least 4 members (excludes halogenated alkanes) is 2. The van der Waals surface area contributed by atoms with Crippen LogP contribution in [0.25, 0.3) is 0 Å². The van der Waals surface area contributed by atoms with Crippen LogP contribution in [0.4, 0.5) is 5.69 Å². The van der Waals surface area contributed by atoms with E-state index in [0.717, 1.165) is 25.8 Å². The highest BCUT2D eigenvalue weighted by atomic mass is 16.5. The second-order valence-corrected chi connectivity index (χ2v) is 5.77. The quantitative estimate of drug-likeness (QED) is 0.505. The third-order valence-electron chi connectivity index (χ3n) is 3.81. The zero-order valence-corrected chi connectivity index (χ0v) is 15.0. The first-order valence-electron chi connectivity index (χ1n) is 8.52. The minimum Gasteiger partial charge on any atom is -0.478 e. The minimum absolute atomic E-state index is 0.142. The highest BCUT2D eigenvalue weighted by Gasteiger charge is 2.13. The van der Waals surface area contributed by atoms with Crippen molar-refractivity contribution in [3.05, 3.63) is 53.6 Å². The zero-order chi connectivity index (χ0) is 18.9. The summed E-state index contributed by atoms with van der Waals surface area (Å²) < 4.78 is 10.4. The van der Waals surface area contributed by atoms with Gasteiger partial charge >= 0.3 is 11.9 Å². The fraction of sp³-hybridized carbons (Fsp3) is 0.300. The van der Waals surface area contributed by atoms with E-state index in [1.54, 1.807) is 36.4 Å². The first-order valence-corrected chi connectivity index (χ1v) is 8.52. The molecule has 2 aromatic rings. The smallest absolute Gasteiger partial charge is 0.337 e. The number of rotatable bonds is 9. The van der Waals surface area contributed by atoms with Crippen LogP contribution < -0.4 is 10.1 Å². The largest absolute Gasteiger partial charge is 0.478 e. The van der Waals surface area contributed by atoms with Crippen molar-refractivity contribution in [3.8, 4) is 11.5 Å². The van der Waals surface area contributed by atoms with E-state index in [4.69, 9.17) is 4.74 Å². The Bertz CT molecular complexity index is 773. The Labute approximate surface area is 152 Å². The molecule has 6 nitrogen and oxygen atoms in total. The van der Waals surface area contributed by atoms with Crippen molar-refractivity contribution >= 4 is 17.6 Å². The third-order valence-corrected chi connectivity index (χ3v) is 3.81. The summed E-state index contributed by atoms with van der Waals surface area (Å²) in [6.07, 6.45) is 3.17. The van der Waals surface area contributed by atoms with Gasteiger partial charge in [-0.1, -0.05) is 25.8 Å². The fourth-order valence-electron chi connectivity index (χ4n) is 2.46. The normalized spacial score (nSPS) is 10.2. The van der Waals surface area contributed by atoms with Gasteiger partial charge in [-0.3, -0.25) is 0 Å². The Morgan fingerprint density at radius 3 is 2.54 bits per heavy atom. The van der Waals surface area contributed by atoms with Gasteiger partial charge in [0.1, 0.15) is 11.5 Å². The van der Waals surface area contributed by atoms with Crippen LogP contribution in [0.1, 0.15) is 46.9 Å². The van der Waals surface area contributed by atoms with Gasteiger partial charge in [0.15, 0.2) is 0 Å². The van der Waals surface area contributed by atoms with Crippen LogP contribution >= 0.6 is 0 Å². The molecule has 0 aliphatic rings. The van der Waals surface area contributed by atoms with E-state index < -0.39 is 11.9 Å². The summed E-state index contributed by atoms with van der Waals surface area (Å²) in [7, 11) is 1.31. The molecule has 2 rings (SSSR count). The summed E-state index contributed by atoms with van der Waals surface area (Å²) in [5.74, 6) is -0.693. The summed E-state index contributed by atoms with van der Waals surface area (Å²) in [6, 6.07) is 11.4. The number of aromatic carboxylic acids is 1. The average molecular weight is 357 g/mol. The Balaban J connectivity index is 2.16. The fourth-order valence-corrected chi connectivity index (χ4v) is 2.46. The maximum absolute atomic E-state index is 11.6. The predicted molar refractivity (Wildman–Crippen MR) is 99.3 cm³/mol. The number of hydrogen-bond donors (Lipinski definition) is 2. The molecule has 0 atom stereocenters. The Kier molecular flexibility index (Phi) is 7.02. The van der Waals surface area contributed by atoms with Crippen molar-refractivity contribution in [2.75, 3.05) is 19.0 Å². The second-order valence-electron chi connectivity index (χ2n) is 5.77.